The van der Waals surface area contributed by atoms with Gasteiger partial charge in [0.1, 0.15) is 0 Å². The third-order valence-electron chi connectivity index (χ3n) is 5.08. The van der Waals surface area contributed by atoms with E-state index in [9.17, 15) is 0 Å². The summed E-state index contributed by atoms with van der Waals surface area (Å²) in [6, 6.07) is 4.33. The number of hydrogen-bond donors (Lipinski definition) is 1. The van der Waals surface area contributed by atoms with E-state index in [0.29, 0.717) is 5.92 Å². The second kappa shape index (κ2) is 5.43. The van der Waals surface area contributed by atoms with Crippen LogP contribution in [0, 0.1) is 0 Å². The maximum Gasteiger partial charge on any atom is 0.0594 e. The number of morpholine rings is 1. The van der Waals surface area contributed by atoms with Gasteiger partial charge < -0.3 is 10.5 Å². The molecule has 1 aromatic rings. The number of aromatic nitrogens is 1. The third-order valence-corrected chi connectivity index (χ3v) is 5.08. The molecular formula is C16H25N3O. The molecule has 2 atom stereocenters. The molecule has 0 bridgehead atoms. The first-order valence-electron chi connectivity index (χ1n) is 7.63. The number of ether oxygens (including phenoxy) is 1. The summed E-state index contributed by atoms with van der Waals surface area (Å²) >= 11 is 0. The molecule has 2 unspecified atom stereocenters. The van der Waals surface area contributed by atoms with Crippen molar-refractivity contribution < 1.29 is 4.74 Å². The molecule has 0 saturated carbocycles. The van der Waals surface area contributed by atoms with Gasteiger partial charge in [-0.15, -0.1) is 0 Å². The highest BCUT2D eigenvalue weighted by molar-refractivity contribution is 5.31. The van der Waals surface area contributed by atoms with Crippen molar-refractivity contribution in [3.05, 3.63) is 29.6 Å². The van der Waals surface area contributed by atoms with Crippen LogP contribution in [0.1, 0.15) is 37.4 Å². The van der Waals surface area contributed by atoms with E-state index in [0.717, 1.165) is 39.1 Å². The Hall–Kier alpha value is -0.970. The highest BCUT2D eigenvalue weighted by atomic mass is 16.5. The molecule has 2 N–H and O–H groups in total. The fourth-order valence-corrected chi connectivity index (χ4v) is 3.64. The van der Waals surface area contributed by atoms with Gasteiger partial charge >= 0.3 is 0 Å². The first kappa shape index (κ1) is 14.0. The Balaban J connectivity index is 1.80. The molecule has 1 saturated heterocycles. The highest BCUT2D eigenvalue weighted by Crippen LogP contribution is 2.38. The Morgan fingerprint density at radius 2 is 2.15 bits per heavy atom. The van der Waals surface area contributed by atoms with Crippen molar-refractivity contribution in [1.29, 1.82) is 0 Å². The predicted molar refractivity (Wildman–Crippen MR) is 79.7 cm³/mol. The molecule has 4 heteroatoms. The fourth-order valence-electron chi connectivity index (χ4n) is 3.64. The Kier molecular flexibility index (Phi) is 3.80. The minimum absolute atomic E-state index is 0.0203. The second-order valence-electron chi connectivity index (χ2n) is 6.47. The average molecular weight is 275 g/mol. The normalized spacial score (nSPS) is 25.4. The monoisotopic (exact) mass is 275 g/mol. The Bertz CT molecular complexity index is 469. The van der Waals surface area contributed by atoms with Crippen LogP contribution in [0.15, 0.2) is 18.3 Å². The van der Waals surface area contributed by atoms with Crippen molar-refractivity contribution in [2.75, 3.05) is 26.3 Å². The standard InChI is InChI=1S/C16H25N3O/c1-16(2,19-8-10-20-11-9-19)15(17)13-6-5-12-4-3-7-18-14(12)13/h3-4,7,13,15H,5-6,8-11,17H2,1-2H3. The lowest BCUT2D eigenvalue weighted by atomic mass is 9.82. The second-order valence-corrected chi connectivity index (χ2v) is 6.47. The van der Waals surface area contributed by atoms with E-state index >= 15 is 0 Å². The van der Waals surface area contributed by atoms with Gasteiger partial charge in [-0.2, -0.15) is 0 Å². The molecule has 0 spiro atoms. The lowest BCUT2D eigenvalue weighted by Crippen LogP contribution is -2.60. The van der Waals surface area contributed by atoms with E-state index in [-0.39, 0.29) is 11.6 Å². The molecule has 1 aromatic heterocycles. The number of aryl methyl sites for hydroxylation is 1. The van der Waals surface area contributed by atoms with Crippen molar-refractivity contribution in [2.45, 2.75) is 44.2 Å². The van der Waals surface area contributed by atoms with Gasteiger partial charge in [0.15, 0.2) is 0 Å². The molecule has 0 aromatic carbocycles. The van der Waals surface area contributed by atoms with Crippen LogP contribution >= 0.6 is 0 Å². The Labute approximate surface area is 121 Å². The summed E-state index contributed by atoms with van der Waals surface area (Å²) in [5, 5.41) is 0. The first-order chi connectivity index (χ1) is 9.60. The molecule has 0 radical (unpaired) electrons. The van der Waals surface area contributed by atoms with Gasteiger partial charge in [-0.25, -0.2) is 0 Å². The number of nitrogens with two attached hydrogens (primary N) is 1. The molecule has 1 aliphatic carbocycles. The Morgan fingerprint density at radius 3 is 2.90 bits per heavy atom. The first-order valence-corrected chi connectivity index (χ1v) is 7.63. The maximum absolute atomic E-state index is 6.68. The average Bonchev–Trinajstić information content (AvgIpc) is 2.91. The van der Waals surface area contributed by atoms with Crippen LogP contribution in [0.25, 0.3) is 0 Å². The number of fused-ring (bicyclic) bond motifs is 1. The van der Waals surface area contributed by atoms with Crippen molar-refractivity contribution in [2.24, 2.45) is 5.73 Å². The van der Waals surface area contributed by atoms with E-state index in [1.807, 2.05) is 12.3 Å². The molecule has 110 valence electrons. The smallest absolute Gasteiger partial charge is 0.0594 e. The lowest BCUT2D eigenvalue weighted by molar-refractivity contribution is -0.0218. The largest absolute Gasteiger partial charge is 0.379 e. The summed E-state index contributed by atoms with van der Waals surface area (Å²) in [7, 11) is 0. The Morgan fingerprint density at radius 1 is 1.40 bits per heavy atom. The number of pyridine rings is 1. The number of nitrogens with zero attached hydrogens (tertiary/aromatic N) is 2. The molecular weight excluding hydrogens is 250 g/mol. The van der Waals surface area contributed by atoms with Crippen molar-refractivity contribution in [3.63, 3.8) is 0 Å². The summed E-state index contributed by atoms with van der Waals surface area (Å²) in [5.41, 5.74) is 9.26. The van der Waals surface area contributed by atoms with Crippen molar-refractivity contribution >= 4 is 0 Å². The van der Waals surface area contributed by atoms with Gasteiger partial charge in [0.2, 0.25) is 0 Å². The summed E-state index contributed by atoms with van der Waals surface area (Å²) in [4.78, 5) is 7.07. The summed E-state index contributed by atoms with van der Waals surface area (Å²) < 4.78 is 5.46. The fraction of sp³-hybridized carbons (Fsp3) is 0.688. The SMILES string of the molecule is CC(C)(C(N)C1CCc2cccnc21)N1CCOCC1. The van der Waals surface area contributed by atoms with E-state index in [4.69, 9.17) is 10.5 Å². The predicted octanol–water partition coefficient (Wildman–Crippen LogP) is 1.55. The zero-order chi connectivity index (χ0) is 14.2. The topological polar surface area (TPSA) is 51.4 Å². The summed E-state index contributed by atoms with van der Waals surface area (Å²) in [6.07, 6.45) is 4.13. The molecule has 1 fully saturated rings. The lowest BCUT2D eigenvalue weighted by Gasteiger charge is -2.46. The molecule has 20 heavy (non-hydrogen) atoms. The van der Waals surface area contributed by atoms with Crippen LogP contribution in [-0.4, -0.2) is 47.8 Å². The van der Waals surface area contributed by atoms with E-state index in [1.165, 1.54) is 11.3 Å². The van der Waals surface area contributed by atoms with Gasteiger partial charge in [0.25, 0.3) is 0 Å². The molecule has 2 aliphatic rings. The van der Waals surface area contributed by atoms with Crippen LogP contribution in [0.4, 0.5) is 0 Å². The zero-order valence-electron chi connectivity index (χ0n) is 12.5. The van der Waals surface area contributed by atoms with Gasteiger partial charge in [-0.3, -0.25) is 9.88 Å². The summed E-state index contributed by atoms with van der Waals surface area (Å²) in [6.45, 7) is 8.12. The third kappa shape index (κ3) is 2.36. The van der Waals surface area contributed by atoms with Crippen molar-refractivity contribution in [1.82, 2.24) is 9.88 Å². The molecule has 4 nitrogen and oxygen atoms in total. The summed E-state index contributed by atoms with van der Waals surface area (Å²) in [5.74, 6) is 0.379. The molecule has 0 amide bonds. The maximum atomic E-state index is 6.68. The quantitative estimate of drug-likeness (QED) is 0.909. The molecule has 2 heterocycles. The van der Waals surface area contributed by atoms with Crippen LogP contribution in [0.2, 0.25) is 0 Å². The van der Waals surface area contributed by atoms with Gasteiger partial charge in [0.05, 0.1) is 13.2 Å². The highest BCUT2D eigenvalue weighted by Gasteiger charge is 2.41. The van der Waals surface area contributed by atoms with Gasteiger partial charge in [-0.1, -0.05) is 6.07 Å². The number of hydrogen-bond acceptors (Lipinski definition) is 4. The van der Waals surface area contributed by atoms with E-state index < -0.39 is 0 Å². The van der Waals surface area contributed by atoms with Crippen LogP contribution in [0.3, 0.4) is 0 Å². The number of rotatable bonds is 3. The van der Waals surface area contributed by atoms with Crippen molar-refractivity contribution in [3.8, 4) is 0 Å². The van der Waals surface area contributed by atoms with Gasteiger partial charge in [-0.05, 0) is 38.3 Å². The molecule has 1 aliphatic heterocycles. The van der Waals surface area contributed by atoms with E-state index in [2.05, 4.69) is 29.8 Å². The van der Waals surface area contributed by atoms with E-state index in [1.54, 1.807) is 0 Å². The zero-order valence-corrected chi connectivity index (χ0v) is 12.5. The van der Waals surface area contributed by atoms with Crippen LogP contribution < -0.4 is 5.73 Å². The minimum Gasteiger partial charge on any atom is -0.379 e. The molecule has 3 rings (SSSR count). The van der Waals surface area contributed by atoms with Crippen LogP contribution in [0.5, 0.6) is 0 Å². The van der Waals surface area contributed by atoms with Gasteiger partial charge in [0, 0.05) is 42.5 Å². The van der Waals surface area contributed by atoms with Crippen LogP contribution in [-0.2, 0) is 11.2 Å². The minimum atomic E-state index is -0.0203.